The molecule has 0 heteroatoms. The molecule has 2 aliphatic rings. The van der Waals surface area contributed by atoms with Crippen molar-refractivity contribution in [3.8, 4) is 0 Å². The Morgan fingerprint density at radius 2 is 0.683 bits per heavy atom. The highest BCUT2D eigenvalue weighted by molar-refractivity contribution is 5.12. The van der Waals surface area contributed by atoms with E-state index in [-0.39, 0.29) is 7.43 Å². The number of hydrogen-bond donors (Lipinski definition) is 0. The minimum Gasteiger partial charge on any atom is -0.0776 e. The first-order valence-electron chi connectivity index (χ1n) is 17.5. The molecule has 2 fully saturated rings. The number of hydrogen-bond acceptors (Lipinski definition) is 0. The van der Waals surface area contributed by atoms with Crippen LogP contribution in [0.25, 0.3) is 0 Å². The molecule has 0 unspecified atom stereocenters. The molecule has 0 atom stereocenters. The average molecular weight is 573 g/mol. The Bertz CT molecular complexity index is 571. The van der Waals surface area contributed by atoms with Crippen LogP contribution < -0.4 is 0 Å². The lowest BCUT2D eigenvalue weighted by Crippen LogP contribution is -2.19. The van der Waals surface area contributed by atoms with Crippen LogP contribution in [0.1, 0.15) is 166 Å². The fourth-order valence-corrected chi connectivity index (χ4v) is 4.67. The Labute approximate surface area is 263 Å². The zero-order valence-corrected chi connectivity index (χ0v) is 30.2. The third-order valence-electron chi connectivity index (χ3n) is 6.82. The van der Waals surface area contributed by atoms with Gasteiger partial charge in [0.05, 0.1) is 0 Å². The van der Waals surface area contributed by atoms with E-state index in [1.165, 1.54) is 68.9 Å². The van der Waals surface area contributed by atoms with Gasteiger partial charge in [-0.2, -0.15) is 0 Å². The van der Waals surface area contributed by atoms with Gasteiger partial charge in [-0.1, -0.05) is 220 Å². The maximum Gasteiger partial charge on any atom is -0.0398 e. The van der Waals surface area contributed by atoms with Gasteiger partial charge in [0, 0.05) is 0 Å². The van der Waals surface area contributed by atoms with Gasteiger partial charge in [-0.3, -0.25) is 0 Å². The van der Waals surface area contributed by atoms with Gasteiger partial charge in [0.1, 0.15) is 0 Å². The van der Waals surface area contributed by atoms with Crippen LogP contribution in [0.5, 0.6) is 0 Å². The molecule has 0 nitrogen and oxygen atoms in total. The third-order valence-corrected chi connectivity index (χ3v) is 6.82. The maximum absolute atomic E-state index is 2.43. The van der Waals surface area contributed by atoms with Gasteiger partial charge in [0.2, 0.25) is 0 Å². The van der Waals surface area contributed by atoms with Crippen molar-refractivity contribution < 1.29 is 0 Å². The molecule has 0 aromatic heterocycles. The van der Waals surface area contributed by atoms with Crippen LogP contribution in [0.2, 0.25) is 0 Å². The van der Waals surface area contributed by atoms with Gasteiger partial charge >= 0.3 is 0 Å². The van der Waals surface area contributed by atoms with Gasteiger partial charge in [0.25, 0.3) is 0 Å². The lowest BCUT2D eigenvalue weighted by Gasteiger charge is -2.32. The summed E-state index contributed by atoms with van der Waals surface area (Å²) in [6.07, 6.45) is 15.0. The van der Waals surface area contributed by atoms with E-state index >= 15 is 0 Å². The second-order valence-electron chi connectivity index (χ2n) is 10.5. The zero-order chi connectivity index (χ0) is 31.6. The third kappa shape index (κ3) is 34.5. The summed E-state index contributed by atoms with van der Waals surface area (Å²) in [6.45, 7) is 29.3. The maximum atomic E-state index is 2.43. The Hall–Kier alpha value is -1.56. The van der Waals surface area contributed by atoms with Gasteiger partial charge < -0.3 is 0 Å². The second kappa shape index (κ2) is 40.6. The molecule has 2 aromatic carbocycles. The van der Waals surface area contributed by atoms with Crippen LogP contribution in [0.3, 0.4) is 0 Å². The van der Waals surface area contributed by atoms with Crippen molar-refractivity contribution in [3.05, 3.63) is 71.8 Å². The van der Waals surface area contributed by atoms with Crippen LogP contribution in [-0.2, 0) is 0 Å². The first kappa shape index (κ1) is 49.1. The van der Waals surface area contributed by atoms with E-state index in [2.05, 4.69) is 65.8 Å². The highest BCUT2D eigenvalue weighted by Crippen LogP contribution is 2.37. The summed E-state index contributed by atoms with van der Waals surface area (Å²) >= 11 is 0. The van der Waals surface area contributed by atoms with Gasteiger partial charge in [-0.25, -0.2) is 0 Å². The molecule has 4 rings (SSSR count). The van der Waals surface area contributed by atoms with Crippen molar-refractivity contribution in [3.63, 3.8) is 0 Å². The van der Waals surface area contributed by atoms with Gasteiger partial charge in [0.15, 0.2) is 0 Å². The number of aryl methyl sites for hydroxylation is 2. The molecule has 41 heavy (non-hydrogen) atoms. The highest BCUT2D eigenvalue weighted by atomic mass is 14.3. The molecule has 0 heterocycles. The number of rotatable bonds is 2. The topological polar surface area (TPSA) is 0 Å². The summed E-state index contributed by atoms with van der Waals surface area (Å²) in [5, 5.41) is 0. The van der Waals surface area contributed by atoms with Crippen molar-refractivity contribution in [2.45, 2.75) is 169 Å². The molecular weight excluding hydrogens is 492 g/mol. The fourth-order valence-electron chi connectivity index (χ4n) is 4.67. The van der Waals surface area contributed by atoms with Crippen LogP contribution in [-0.4, -0.2) is 0 Å². The Balaban J connectivity index is -0.000000142. The van der Waals surface area contributed by atoms with E-state index < -0.39 is 0 Å². The van der Waals surface area contributed by atoms with Gasteiger partial charge in [-0.15, -0.1) is 0 Å². The van der Waals surface area contributed by atoms with Crippen molar-refractivity contribution in [2.24, 2.45) is 23.7 Å². The Morgan fingerprint density at radius 1 is 0.463 bits per heavy atom. The van der Waals surface area contributed by atoms with Crippen LogP contribution in [0.15, 0.2) is 60.7 Å². The van der Waals surface area contributed by atoms with Crippen molar-refractivity contribution >= 4 is 0 Å². The molecule has 2 aliphatic carbocycles. The molecule has 2 aromatic rings. The summed E-state index contributed by atoms with van der Waals surface area (Å²) in [4.78, 5) is 0. The standard InChI is InChI=1S/C15H28.2C7H8.C3H8.4C2H6.CH4/c1-12-3-7-14(8-4-12)11-15-9-5-13(2)6-10-15;2*1-7-5-3-2-4-6-7;1-3-2;4*1-2;/h12-15H,3-11H2,1-2H3;2*2-6H,1H3;3H2,1-2H3;4*1-2H3;1H4. The molecule has 0 N–H and O–H groups in total. The molecular formula is C41H80. The smallest absolute Gasteiger partial charge is 0.0398 e. The molecule has 0 amide bonds. The van der Waals surface area contributed by atoms with Crippen LogP contribution >= 0.6 is 0 Å². The van der Waals surface area contributed by atoms with E-state index in [0.29, 0.717) is 0 Å². The van der Waals surface area contributed by atoms with Crippen LogP contribution in [0.4, 0.5) is 0 Å². The fraction of sp³-hybridized carbons (Fsp3) is 0.707. The summed E-state index contributed by atoms with van der Waals surface area (Å²) in [6, 6.07) is 20.5. The lowest BCUT2D eigenvalue weighted by molar-refractivity contribution is 0.201. The molecule has 244 valence electrons. The minimum absolute atomic E-state index is 0. The predicted molar refractivity (Wildman–Crippen MR) is 197 cm³/mol. The Morgan fingerprint density at radius 3 is 0.854 bits per heavy atom. The minimum atomic E-state index is 0. The average Bonchev–Trinajstić information content (AvgIpc) is 3.01. The monoisotopic (exact) mass is 573 g/mol. The summed E-state index contributed by atoms with van der Waals surface area (Å²) in [7, 11) is 0. The molecule has 0 saturated heterocycles. The summed E-state index contributed by atoms with van der Waals surface area (Å²) in [5.41, 5.74) is 2.64. The molecule has 0 bridgehead atoms. The SMILES string of the molecule is C.CC.CC.CC.CC.CC1CCC(CC2CCC(C)CC2)CC1.CCC.Cc1ccccc1.Cc1ccccc1. The predicted octanol–water partition coefficient (Wildman–Crippen LogP) is 15.2. The van der Waals surface area contributed by atoms with E-state index in [0.717, 1.165) is 23.7 Å². The molecule has 0 spiro atoms. The van der Waals surface area contributed by atoms with Crippen molar-refractivity contribution in [1.29, 1.82) is 0 Å². The first-order valence-corrected chi connectivity index (χ1v) is 17.5. The Kier molecular flexibility index (Phi) is 48.6. The van der Waals surface area contributed by atoms with Crippen molar-refractivity contribution in [1.82, 2.24) is 0 Å². The quantitative estimate of drug-likeness (QED) is 0.336. The van der Waals surface area contributed by atoms with Gasteiger partial charge in [-0.05, 0) is 43.9 Å². The van der Waals surface area contributed by atoms with Crippen LogP contribution in [0, 0.1) is 37.5 Å². The molecule has 0 radical (unpaired) electrons. The van der Waals surface area contributed by atoms with E-state index in [4.69, 9.17) is 0 Å². The van der Waals surface area contributed by atoms with E-state index in [9.17, 15) is 0 Å². The first-order chi connectivity index (χ1) is 19.4. The summed E-state index contributed by atoms with van der Waals surface area (Å²) < 4.78 is 0. The molecule has 0 aliphatic heterocycles. The summed E-state index contributed by atoms with van der Waals surface area (Å²) in [5.74, 6) is 4.24. The van der Waals surface area contributed by atoms with Crippen molar-refractivity contribution in [2.75, 3.05) is 0 Å². The van der Waals surface area contributed by atoms with E-state index in [1.807, 2.05) is 91.8 Å². The second-order valence-corrected chi connectivity index (χ2v) is 10.5. The normalized spacial score (nSPS) is 19.7. The zero-order valence-electron chi connectivity index (χ0n) is 30.2. The number of benzene rings is 2. The largest absolute Gasteiger partial charge is 0.0776 e. The highest BCUT2D eigenvalue weighted by Gasteiger charge is 2.24. The molecule has 2 saturated carbocycles. The van der Waals surface area contributed by atoms with E-state index in [1.54, 1.807) is 6.42 Å². The lowest BCUT2D eigenvalue weighted by atomic mass is 9.74.